The standard InChI is InChI=1S/C18H22N4O2/c1-14-12-21(13-15-6-3-2-4-7-15)8-5-9-22(14)17-11-19-16(10-20-17)18(23)24/h2-4,6-7,10-11,14H,5,8-9,12-13H2,1H3,(H,23,24). The van der Waals surface area contributed by atoms with E-state index in [-0.39, 0.29) is 5.69 Å². The van der Waals surface area contributed by atoms with Gasteiger partial charge in [-0.3, -0.25) is 4.90 Å². The van der Waals surface area contributed by atoms with Gasteiger partial charge in [0.15, 0.2) is 5.69 Å². The van der Waals surface area contributed by atoms with Crippen LogP contribution in [0.4, 0.5) is 5.82 Å². The SMILES string of the molecule is CC1CN(Cc2ccccc2)CCCN1c1cnc(C(=O)O)cn1. The quantitative estimate of drug-likeness (QED) is 0.929. The van der Waals surface area contributed by atoms with Crippen LogP contribution in [0.5, 0.6) is 0 Å². The molecule has 0 radical (unpaired) electrons. The lowest BCUT2D eigenvalue weighted by Gasteiger charge is -2.29. The van der Waals surface area contributed by atoms with Crippen LogP contribution >= 0.6 is 0 Å². The van der Waals surface area contributed by atoms with Crippen molar-refractivity contribution in [2.75, 3.05) is 24.5 Å². The molecular formula is C18H22N4O2. The van der Waals surface area contributed by atoms with E-state index in [1.807, 2.05) is 6.07 Å². The Kier molecular flexibility index (Phi) is 5.05. The van der Waals surface area contributed by atoms with Gasteiger partial charge in [-0.05, 0) is 18.9 Å². The second kappa shape index (κ2) is 7.40. The molecule has 1 aliphatic heterocycles. The second-order valence-corrected chi connectivity index (χ2v) is 6.18. The number of carbonyl (C=O) groups is 1. The van der Waals surface area contributed by atoms with Crippen molar-refractivity contribution in [1.82, 2.24) is 14.9 Å². The highest BCUT2D eigenvalue weighted by Crippen LogP contribution is 2.19. The van der Waals surface area contributed by atoms with Crippen LogP contribution in [0.15, 0.2) is 42.7 Å². The lowest BCUT2D eigenvalue weighted by molar-refractivity contribution is 0.0690. The Morgan fingerprint density at radius 1 is 1.21 bits per heavy atom. The molecule has 0 aliphatic carbocycles. The minimum Gasteiger partial charge on any atom is -0.476 e. The molecule has 2 heterocycles. The first-order valence-corrected chi connectivity index (χ1v) is 8.22. The van der Waals surface area contributed by atoms with Crippen LogP contribution in [-0.2, 0) is 6.54 Å². The van der Waals surface area contributed by atoms with E-state index < -0.39 is 5.97 Å². The van der Waals surface area contributed by atoms with Crippen LogP contribution in [0, 0.1) is 0 Å². The number of anilines is 1. The van der Waals surface area contributed by atoms with Crippen molar-refractivity contribution in [2.24, 2.45) is 0 Å². The largest absolute Gasteiger partial charge is 0.476 e. The normalized spacial score (nSPS) is 19.0. The summed E-state index contributed by atoms with van der Waals surface area (Å²) in [5, 5.41) is 8.94. The predicted octanol–water partition coefficient (Wildman–Crippen LogP) is 2.28. The Labute approximate surface area is 141 Å². The zero-order valence-corrected chi connectivity index (χ0v) is 13.8. The number of hydrogen-bond donors (Lipinski definition) is 1. The van der Waals surface area contributed by atoms with Crippen molar-refractivity contribution in [3.63, 3.8) is 0 Å². The first-order valence-electron chi connectivity index (χ1n) is 8.22. The van der Waals surface area contributed by atoms with Gasteiger partial charge in [-0.1, -0.05) is 30.3 Å². The minimum absolute atomic E-state index is 0.0214. The highest BCUT2D eigenvalue weighted by molar-refractivity contribution is 5.84. The third-order valence-electron chi connectivity index (χ3n) is 4.33. The fourth-order valence-electron chi connectivity index (χ4n) is 3.15. The first-order chi connectivity index (χ1) is 11.6. The molecule has 1 saturated heterocycles. The van der Waals surface area contributed by atoms with Gasteiger partial charge in [0.1, 0.15) is 5.82 Å². The molecule has 1 atom stereocenters. The molecule has 2 aromatic rings. The fourth-order valence-corrected chi connectivity index (χ4v) is 3.15. The number of nitrogens with zero attached hydrogens (tertiary/aromatic N) is 4. The van der Waals surface area contributed by atoms with E-state index in [4.69, 9.17) is 5.11 Å². The number of hydrogen-bond acceptors (Lipinski definition) is 5. The molecule has 6 nitrogen and oxygen atoms in total. The number of aromatic nitrogens is 2. The summed E-state index contributed by atoms with van der Waals surface area (Å²) >= 11 is 0. The maximum absolute atomic E-state index is 10.9. The van der Waals surface area contributed by atoms with Gasteiger partial charge in [0.2, 0.25) is 0 Å². The molecule has 1 unspecified atom stereocenters. The molecule has 0 saturated carbocycles. The summed E-state index contributed by atoms with van der Waals surface area (Å²) in [7, 11) is 0. The molecule has 0 amide bonds. The summed E-state index contributed by atoms with van der Waals surface area (Å²) in [4.78, 5) is 23.8. The third-order valence-corrected chi connectivity index (χ3v) is 4.33. The smallest absolute Gasteiger partial charge is 0.356 e. The molecule has 1 aromatic carbocycles. The van der Waals surface area contributed by atoms with Crippen molar-refractivity contribution in [2.45, 2.75) is 25.9 Å². The Morgan fingerprint density at radius 3 is 2.67 bits per heavy atom. The van der Waals surface area contributed by atoms with Crippen LogP contribution in [0.2, 0.25) is 0 Å². The molecule has 3 rings (SSSR count). The van der Waals surface area contributed by atoms with E-state index in [0.717, 1.165) is 38.4 Å². The highest BCUT2D eigenvalue weighted by Gasteiger charge is 2.23. The van der Waals surface area contributed by atoms with E-state index >= 15 is 0 Å². The van der Waals surface area contributed by atoms with Crippen molar-refractivity contribution in [3.8, 4) is 0 Å². The summed E-state index contributed by atoms with van der Waals surface area (Å²) < 4.78 is 0. The van der Waals surface area contributed by atoms with E-state index in [1.54, 1.807) is 6.20 Å². The van der Waals surface area contributed by atoms with Gasteiger partial charge in [0.25, 0.3) is 0 Å². The fraction of sp³-hybridized carbons (Fsp3) is 0.389. The van der Waals surface area contributed by atoms with E-state index in [9.17, 15) is 4.79 Å². The van der Waals surface area contributed by atoms with Gasteiger partial charge < -0.3 is 10.0 Å². The molecule has 6 heteroatoms. The average Bonchev–Trinajstić information content (AvgIpc) is 2.77. The summed E-state index contributed by atoms with van der Waals surface area (Å²) in [6.45, 7) is 6.00. The zero-order valence-electron chi connectivity index (χ0n) is 13.8. The van der Waals surface area contributed by atoms with Crippen LogP contribution in [0.1, 0.15) is 29.4 Å². The molecule has 1 fully saturated rings. The molecule has 126 valence electrons. The lowest BCUT2D eigenvalue weighted by Crippen LogP contribution is -2.39. The van der Waals surface area contributed by atoms with Crippen LogP contribution in [-0.4, -0.2) is 51.6 Å². The van der Waals surface area contributed by atoms with Gasteiger partial charge in [0, 0.05) is 32.2 Å². The molecule has 0 spiro atoms. The molecular weight excluding hydrogens is 304 g/mol. The molecule has 1 N–H and O–H groups in total. The summed E-state index contributed by atoms with van der Waals surface area (Å²) in [6, 6.07) is 10.8. The average molecular weight is 326 g/mol. The molecule has 0 bridgehead atoms. The Hall–Kier alpha value is -2.47. The molecule has 1 aromatic heterocycles. The Morgan fingerprint density at radius 2 is 2.00 bits per heavy atom. The van der Waals surface area contributed by atoms with E-state index in [2.05, 4.69) is 51.0 Å². The van der Waals surface area contributed by atoms with Crippen LogP contribution in [0.3, 0.4) is 0 Å². The van der Waals surface area contributed by atoms with Crippen LogP contribution < -0.4 is 4.90 Å². The van der Waals surface area contributed by atoms with Crippen molar-refractivity contribution >= 4 is 11.8 Å². The topological polar surface area (TPSA) is 69.6 Å². The summed E-state index contributed by atoms with van der Waals surface area (Å²) in [5.41, 5.74) is 1.30. The van der Waals surface area contributed by atoms with Gasteiger partial charge in [-0.15, -0.1) is 0 Å². The van der Waals surface area contributed by atoms with E-state index in [1.165, 1.54) is 11.8 Å². The lowest BCUT2D eigenvalue weighted by atomic mass is 10.2. The number of carboxylic acids is 1. The maximum Gasteiger partial charge on any atom is 0.356 e. The minimum atomic E-state index is -1.05. The Balaban J connectivity index is 1.68. The van der Waals surface area contributed by atoms with E-state index in [0.29, 0.717) is 6.04 Å². The highest BCUT2D eigenvalue weighted by atomic mass is 16.4. The third kappa shape index (κ3) is 3.89. The van der Waals surface area contributed by atoms with Crippen molar-refractivity contribution < 1.29 is 9.90 Å². The van der Waals surface area contributed by atoms with Gasteiger partial charge >= 0.3 is 5.97 Å². The summed E-state index contributed by atoms with van der Waals surface area (Å²) in [6.07, 6.45) is 3.93. The molecule has 24 heavy (non-hydrogen) atoms. The number of rotatable bonds is 4. The zero-order chi connectivity index (χ0) is 16.9. The van der Waals surface area contributed by atoms with Crippen LogP contribution in [0.25, 0.3) is 0 Å². The number of carboxylic acid groups (broad SMARTS) is 1. The number of benzene rings is 1. The Bertz CT molecular complexity index is 675. The molecule has 1 aliphatic rings. The monoisotopic (exact) mass is 326 g/mol. The number of aromatic carboxylic acids is 1. The maximum atomic E-state index is 10.9. The van der Waals surface area contributed by atoms with Crippen molar-refractivity contribution in [1.29, 1.82) is 0 Å². The van der Waals surface area contributed by atoms with Gasteiger partial charge in [-0.25, -0.2) is 14.8 Å². The summed E-state index contributed by atoms with van der Waals surface area (Å²) in [5.74, 6) is -0.305. The predicted molar refractivity (Wildman–Crippen MR) is 92.1 cm³/mol. The van der Waals surface area contributed by atoms with Crippen molar-refractivity contribution in [3.05, 3.63) is 54.0 Å². The second-order valence-electron chi connectivity index (χ2n) is 6.18. The van der Waals surface area contributed by atoms with Gasteiger partial charge in [0.05, 0.1) is 12.4 Å². The van der Waals surface area contributed by atoms with Gasteiger partial charge in [-0.2, -0.15) is 0 Å². The first kappa shape index (κ1) is 16.4.